The van der Waals surface area contributed by atoms with E-state index in [1.807, 2.05) is 25.1 Å². The Bertz CT molecular complexity index is 498. The first-order valence-electron chi connectivity index (χ1n) is 6.84. The molecule has 0 saturated carbocycles. The van der Waals surface area contributed by atoms with Crippen LogP contribution in [0.3, 0.4) is 0 Å². The van der Waals surface area contributed by atoms with E-state index < -0.39 is 0 Å². The molecule has 1 N–H and O–H groups in total. The van der Waals surface area contributed by atoms with Gasteiger partial charge in [0.05, 0.1) is 4.92 Å². The van der Waals surface area contributed by atoms with Crippen molar-refractivity contribution in [2.75, 3.05) is 49.3 Å². The number of nitrogens with one attached hydrogen (secondary N) is 1. The molecule has 20 heavy (non-hydrogen) atoms. The van der Waals surface area contributed by atoms with E-state index in [4.69, 9.17) is 0 Å². The largest absolute Gasteiger partial charge is 0.367 e. The summed E-state index contributed by atoms with van der Waals surface area (Å²) in [6, 6.07) is 1.81. The zero-order chi connectivity index (χ0) is 14.7. The third kappa shape index (κ3) is 2.76. The van der Waals surface area contributed by atoms with Crippen LogP contribution in [0.25, 0.3) is 0 Å². The van der Waals surface area contributed by atoms with Crippen LogP contribution in [0.4, 0.5) is 23.0 Å². The molecule has 2 heterocycles. The Hall–Kier alpha value is -2.05. The summed E-state index contributed by atoms with van der Waals surface area (Å²) in [6.45, 7) is 1.72. The van der Waals surface area contributed by atoms with Crippen LogP contribution in [0, 0.1) is 10.1 Å². The molecular formula is C13H21N5O2. The van der Waals surface area contributed by atoms with Crippen molar-refractivity contribution in [2.45, 2.75) is 19.3 Å². The van der Waals surface area contributed by atoms with Gasteiger partial charge in [-0.2, -0.15) is 0 Å². The van der Waals surface area contributed by atoms with Gasteiger partial charge in [-0.3, -0.25) is 10.1 Å². The monoisotopic (exact) mass is 279 g/mol. The minimum Gasteiger partial charge on any atom is -0.367 e. The van der Waals surface area contributed by atoms with Gasteiger partial charge in [-0.1, -0.05) is 0 Å². The van der Waals surface area contributed by atoms with E-state index >= 15 is 0 Å². The zero-order valence-electron chi connectivity index (χ0n) is 12.2. The SMILES string of the molecule is CNc1nc(N(C)C)cc(N2CCCCC2)c1[N+](=O)[O-]. The standard InChI is InChI=1S/C13H21N5O2/c1-14-13-12(18(19)20)10(9-11(15-13)16(2)3)17-7-5-4-6-8-17/h9H,4-8H2,1-3H3,(H,14,15). The Morgan fingerprint density at radius 3 is 2.50 bits per heavy atom. The summed E-state index contributed by atoms with van der Waals surface area (Å²) in [5.41, 5.74) is 0.734. The molecule has 1 aromatic rings. The molecule has 0 aromatic carbocycles. The van der Waals surface area contributed by atoms with E-state index in [9.17, 15) is 10.1 Å². The van der Waals surface area contributed by atoms with Gasteiger partial charge in [0, 0.05) is 40.3 Å². The Labute approximate surface area is 118 Å². The quantitative estimate of drug-likeness (QED) is 0.672. The Morgan fingerprint density at radius 1 is 1.35 bits per heavy atom. The third-order valence-corrected chi connectivity index (χ3v) is 3.53. The van der Waals surface area contributed by atoms with Crippen LogP contribution < -0.4 is 15.1 Å². The highest BCUT2D eigenvalue weighted by molar-refractivity contribution is 5.77. The van der Waals surface area contributed by atoms with Gasteiger partial charge in [-0.25, -0.2) is 4.98 Å². The molecule has 0 spiro atoms. The van der Waals surface area contributed by atoms with Gasteiger partial charge >= 0.3 is 5.69 Å². The fourth-order valence-electron chi connectivity index (χ4n) is 2.47. The molecular weight excluding hydrogens is 258 g/mol. The molecule has 7 nitrogen and oxygen atoms in total. The average molecular weight is 279 g/mol. The number of pyridine rings is 1. The number of anilines is 3. The minimum absolute atomic E-state index is 0.0694. The molecule has 0 radical (unpaired) electrons. The lowest BCUT2D eigenvalue weighted by Crippen LogP contribution is -2.30. The smallest absolute Gasteiger partial charge is 0.334 e. The van der Waals surface area contributed by atoms with E-state index in [1.165, 1.54) is 6.42 Å². The van der Waals surface area contributed by atoms with Gasteiger partial charge in [-0.15, -0.1) is 0 Å². The van der Waals surface area contributed by atoms with E-state index in [0.717, 1.165) is 31.7 Å². The first-order valence-corrected chi connectivity index (χ1v) is 6.84. The summed E-state index contributed by atoms with van der Waals surface area (Å²) >= 11 is 0. The van der Waals surface area contributed by atoms with Crippen LogP contribution in [-0.4, -0.2) is 44.1 Å². The van der Waals surface area contributed by atoms with E-state index in [1.54, 1.807) is 7.05 Å². The third-order valence-electron chi connectivity index (χ3n) is 3.53. The number of nitro groups is 1. The Kier molecular flexibility index (Phi) is 4.26. The van der Waals surface area contributed by atoms with Crippen molar-refractivity contribution in [1.82, 2.24) is 4.98 Å². The maximum absolute atomic E-state index is 11.4. The fourth-order valence-corrected chi connectivity index (χ4v) is 2.47. The molecule has 1 saturated heterocycles. The second-order valence-corrected chi connectivity index (χ2v) is 5.15. The van der Waals surface area contributed by atoms with Crippen LogP contribution in [0.2, 0.25) is 0 Å². The first-order chi connectivity index (χ1) is 9.54. The molecule has 110 valence electrons. The second kappa shape index (κ2) is 5.94. The summed E-state index contributed by atoms with van der Waals surface area (Å²) in [5, 5.41) is 14.3. The highest BCUT2D eigenvalue weighted by Crippen LogP contribution is 2.37. The van der Waals surface area contributed by atoms with Gasteiger partial charge in [0.1, 0.15) is 11.5 Å². The van der Waals surface area contributed by atoms with Crippen molar-refractivity contribution in [2.24, 2.45) is 0 Å². The normalized spacial score (nSPS) is 15.1. The Morgan fingerprint density at radius 2 is 2.00 bits per heavy atom. The molecule has 1 aromatic heterocycles. The summed E-state index contributed by atoms with van der Waals surface area (Å²) < 4.78 is 0. The van der Waals surface area contributed by atoms with Crippen molar-refractivity contribution < 1.29 is 4.92 Å². The molecule has 1 fully saturated rings. The van der Waals surface area contributed by atoms with Gasteiger partial charge in [0.15, 0.2) is 0 Å². The maximum Gasteiger partial charge on any atom is 0.334 e. The van der Waals surface area contributed by atoms with Crippen molar-refractivity contribution in [1.29, 1.82) is 0 Å². The number of hydrogen-bond donors (Lipinski definition) is 1. The predicted octanol–water partition coefficient (Wildman–Crippen LogP) is 2.09. The lowest BCUT2D eigenvalue weighted by molar-refractivity contribution is -0.383. The van der Waals surface area contributed by atoms with Crippen molar-refractivity contribution in [3.8, 4) is 0 Å². The molecule has 0 atom stereocenters. The van der Waals surface area contributed by atoms with Crippen molar-refractivity contribution in [3.05, 3.63) is 16.2 Å². The lowest BCUT2D eigenvalue weighted by atomic mass is 10.1. The summed E-state index contributed by atoms with van der Waals surface area (Å²) in [5.74, 6) is 1.04. The molecule has 0 amide bonds. The van der Waals surface area contributed by atoms with Crippen molar-refractivity contribution in [3.63, 3.8) is 0 Å². The van der Waals surface area contributed by atoms with E-state index in [-0.39, 0.29) is 10.6 Å². The number of rotatable bonds is 4. The molecule has 0 aliphatic carbocycles. The predicted molar refractivity (Wildman–Crippen MR) is 80.8 cm³/mol. The maximum atomic E-state index is 11.4. The minimum atomic E-state index is -0.345. The van der Waals surface area contributed by atoms with E-state index in [2.05, 4.69) is 15.2 Å². The molecule has 1 aliphatic heterocycles. The van der Waals surface area contributed by atoms with Gasteiger partial charge in [-0.05, 0) is 19.3 Å². The van der Waals surface area contributed by atoms with Crippen LogP contribution in [0.5, 0.6) is 0 Å². The number of hydrogen-bond acceptors (Lipinski definition) is 6. The summed E-state index contributed by atoms with van der Waals surface area (Å²) in [4.78, 5) is 19.3. The highest BCUT2D eigenvalue weighted by atomic mass is 16.6. The number of nitrogens with zero attached hydrogens (tertiary/aromatic N) is 4. The van der Waals surface area contributed by atoms with Gasteiger partial charge in [0.2, 0.25) is 5.82 Å². The molecule has 0 bridgehead atoms. The zero-order valence-corrected chi connectivity index (χ0v) is 12.2. The van der Waals surface area contributed by atoms with Crippen LogP contribution in [-0.2, 0) is 0 Å². The van der Waals surface area contributed by atoms with Gasteiger partial charge in [0.25, 0.3) is 0 Å². The topological polar surface area (TPSA) is 74.5 Å². The van der Waals surface area contributed by atoms with E-state index in [0.29, 0.717) is 11.5 Å². The average Bonchev–Trinajstić information content (AvgIpc) is 2.46. The Balaban J connectivity index is 2.54. The molecule has 2 rings (SSSR count). The fraction of sp³-hybridized carbons (Fsp3) is 0.615. The number of piperidine rings is 1. The second-order valence-electron chi connectivity index (χ2n) is 5.15. The van der Waals surface area contributed by atoms with Crippen LogP contribution >= 0.6 is 0 Å². The highest BCUT2D eigenvalue weighted by Gasteiger charge is 2.27. The molecule has 1 aliphatic rings. The molecule has 7 heteroatoms. The van der Waals surface area contributed by atoms with Crippen LogP contribution in [0.15, 0.2) is 6.07 Å². The number of aromatic nitrogens is 1. The molecule has 0 unspecified atom stereocenters. The van der Waals surface area contributed by atoms with Crippen molar-refractivity contribution >= 4 is 23.0 Å². The lowest BCUT2D eigenvalue weighted by Gasteiger charge is -2.29. The van der Waals surface area contributed by atoms with Gasteiger partial charge < -0.3 is 15.1 Å². The summed E-state index contributed by atoms with van der Waals surface area (Å²) in [7, 11) is 5.43. The first kappa shape index (κ1) is 14.4. The van der Waals surface area contributed by atoms with Crippen LogP contribution in [0.1, 0.15) is 19.3 Å². The summed E-state index contributed by atoms with van der Waals surface area (Å²) in [6.07, 6.45) is 3.34.